The molecule has 0 aliphatic carbocycles. The number of carbonyl (C=O) groups is 4. The number of benzene rings is 2. The molecule has 3 aliphatic rings. The topological polar surface area (TPSA) is 117 Å². The second kappa shape index (κ2) is 14.6. The van der Waals surface area contributed by atoms with Crippen molar-refractivity contribution in [3.8, 4) is 0 Å². The molecule has 2 aromatic rings. The van der Waals surface area contributed by atoms with Crippen LogP contribution < -0.4 is 0 Å². The van der Waals surface area contributed by atoms with Gasteiger partial charge < -0.3 is 29.3 Å². The minimum Gasteiger partial charge on any atom is -0.455 e. The van der Waals surface area contributed by atoms with E-state index in [1.54, 1.807) is 29.0 Å². The van der Waals surface area contributed by atoms with Crippen LogP contribution in [0.2, 0.25) is 0 Å². The molecule has 10 nitrogen and oxygen atoms in total. The lowest BCUT2D eigenvalue weighted by Crippen LogP contribution is -2.56. The fourth-order valence-electron chi connectivity index (χ4n) is 7.54. The molecule has 0 aromatic heterocycles. The Morgan fingerprint density at radius 1 is 1.11 bits per heavy atom. The number of likely N-dealkylation sites (N-methyl/N-ethyl adjacent to an activating group) is 1. The van der Waals surface area contributed by atoms with E-state index in [1.807, 2.05) is 67.6 Å². The summed E-state index contributed by atoms with van der Waals surface area (Å²) < 4.78 is 12.8. The van der Waals surface area contributed by atoms with Gasteiger partial charge in [0.25, 0.3) is 0 Å². The number of amides is 3. The number of allylic oxidation sites excluding steroid dienone is 1. The van der Waals surface area contributed by atoms with Crippen molar-refractivity contribution in [1.82, 2.24) is 14.7 Å². The van der Waals surface area contributed by atoms with Gasteiger partial charge in [-0.15, -0.1) is 13.2 Å². The van der Waals surface area contributed by atoms with E-state index in [2.05, 4.69) is 13.2 Å². The molecule has 2 bridgehead atoms. The number of aliphatic hydroxyl groups is 1. The lowest BCUT2D eigenvalue weighted by atomic mass is 9.70. The van der Waals surface area contributed by atoms with Crippen LogP contribution in [0.5, 0.6) is 0 Å². The van der Waals surface area contributed by atoms with Gasteiger partial charge in [-0.25, -0.2) is 0 Å². The summed E-state index contributed by atoms with van der Waals surface area (Å²) in [4.78, 5) is 60.4. The van der Waals surface area contributed by atoms with Crippen LogP contribution in [0.25, 0.3) is 0 Å². The van der Waals surface area contributed by atoms with Crippen LogP contribution >= 0.6 is 0 Å². The van der Waals surface area contributed by atoms with Crippen LogP contribution in [0.4, 0.5) is 0 Å². The van der Waals surface area contributed by atoms with Crippen LogP contribution in [-0.2, 0) is 35.2 Å². The summed E-state index contributed by atoms with van der Waals surface area (Å²) in [7, 11) is 1.68. The Hall–Kier alpha value is -4.28. The highest BCUT2D eigenvalue weighted by Gasteiger charge is 2.75. The van der Waals surface area contributed by atoms with Crippen molar-refractivity contribution in [2.45, 2.75) is 69.0 Å². The summed E-state index contributed by atoms with van der Waals surface area (Å²) in [5.74, 6) is -3.33. The van der Waals surface area contributed by atoms with Gasteiger partial charge in [0.2, 0.25) is 17.7 Å². The first-order chi connectivity index (χ1) is 22.7. The number of hydrogen-bond donors (Lipinski definition) is 1. The first-order valence-corrected chi connectivity index (χ1v) is 16.3. The SMILES string of the molecule is C=CCCC(=O)N(C)[C@@H](C)[C@@H](OC(=O)[C@@H]1[C@@H]2CC[C@]3(O2)[C@H](C(=O)N(CC=C)Cc2ccccc2)N(CCO)C(=O)[C@@H]13)c1ccccc1. The van der Waals surface area contributed by atoms with Crippen molar-refractivity contribution in [1.29, 1.82) is 0 Å². The lowest BCUT2D eigenvalue weighted by molar-refractivity contribution is -0.164. The minimum atomic E-state index is -1.24. The molecule has 3 amide bonds. The Morgan fingerprint density at radius 2 is 1.79 bits per heavy atom. The number of carbonyl (C=O) groups excluding carboxylic acids is 4. The maximum absolute atomic E-state index is 14.4. The molecule has 47 heavy (non-hydrogen) atoms. The molecular formula is C37H45N3O7. The number of likely N-dealkylation sites (tertiary alicyclic amines) is 1. The monoisotopic (exact) mass is 643 g/mol. The zero-order chi connectivity index (χ0) is 33.7. The van der Waals surface area contributed by atoms with Gasteiger partial charge in [-0.2, -0.15) is 0 Å². The van der Waals surface area contributed by atoms with Gasteiger partial charge in [0.05, 0.1) is 30.6 Å². The Labute approximate surface area is 276 Å². The number of rotatable bonds is 15. The van der Waals surface area contributed by atoms with Crippen molar-refractivity contribution in [2.75, 3.05) is 26.7 Å². The average Bonchev–Trinajstić information content (AvgIpc) is 3.73. The van der Waals surface area contributed by atoms with Gasteiger partial charge in [0.15, 0.2) is 0 Å². The predicted octanol–water partition coefficient (Wildman–Crippen LogP) is 3.67. The third-order valence-electron chi connectivity index (χ3n) is 9.90. The second-order valence-electron chi connectivity index (χ2n) is 12.6. The van der Waals surface area contributed by atoms with E-state index < -0.39 is 53.6 Å². The number of nitrogens with zero attached hydrogens (tertiary/aromatic N) is 3. The van der Waals surface area contributed by atoms with Crippen LogP contribution in [-0.4, -0.2) is 94.0 Å². The van der Waals surface area contributed by atoms with E-state index in [0.29, 0.717) is 31.4 Å². The Balaban J connectivity index is 1.44. The van der Waals surface area contributed by atoms with Crippen LogP contribution in [0.3, 0.4) is 0 Å². The van der Waals surface area contributed by atoms with E-state index in [0.717, 1.165) is 5.56 Å². The third kappa shape index (κ3) is 6.49. The summed E-state index contributed by atoms with van der Waals surface area (Å²) >= 11 is 0. The van der Waals surface area contributed by atoms with Gasteiger partial charge in [0, 0.05) is 33.1 Å². The molecule has 2 aromatic carbocycles. The van der Waals surface area contributed by atoms with E-state index >= 15 is 0 Å². The molecule has 3 fully saturated rings. The number of esters is 1. The van der Waals surface area contributed by atoms with E-state index in [-0.39, 0.29) is 37.9 Å². The summed E-state index contributed by atoms with van der Waals surface area (Å²) in [6, 6.07) is 17.2. The summed E-state index contributed by atoms with van der Waals surface area (Å²) in [6.07, 6.45) is 3.61. The predicted molar refractivity (Wildman–Crippen MR) is 175 cm³/mol. The molecule has 10 heteroatoms. The zero-order valence-electron chi connectivity index (χ0n) is 27.2. The Kier molecular flexibility index (Phi) is 10.6. The second-order valence-corrected chi connectivity index (χ2v) is 12.6. The maximum Gasteiger partial charge on any atom is 0.313 e. The molecule has 1 spiro atoms. The summed E-state index contributed by atoms with van der Waals surface area (Å²) in [5, 5.41) is 9.98. The fourth-order valence-corrected chi connectivity index (χ4v) is 7.54. The summed E-state index contributed by atoms with van der Waals surface area (Å²) in [6.45, 7) is 9.49. The molecule has 0 saturated carbocycles. The number of ether oxygens (including phenoxy) is 2. The molecule has 250 valence electrons. The van der Waals surface area contributed by atoms with Crippen LogP contribution in [0.1, 0.15) is 49.8 Å². The molecule has 5 rings (SSSR count). The van der Waals surface area contributed by atoms with Crippen molar-refractivity contribution in [3.63, 3.8) is 0 Å². The van der Waals surface area contributed by atoms with Crippen LogP contribution in [0.15, 0.2) is 86.0 Å². The molecule has 1 N–H and O–H groups in total. The largest absolute Gasteiger partial charge is 0.455 e. The van der Waals surface area contributed by atoms with Crippen LogP contribution in [0, 0.1) is 11.8 Å². The lowest BCUT2D eigenvalue weighted by Gasteiger charge is -2.36. The molecule has 3 aliphatic heterocycles. The van der Waals surface area contributed by atoms with Gasteiger partial charge in [-0.3, -0.25) is 19.2 Å². The highest BCUT2D eigenvalue weighted by Crippen LogP contribution is 2.59. The third-order valence-corrected chi connectivity index (χ3v) is 9.90. The van der Waals surface area contributed by atoms with Crippen molar-refractivity contribution < 1.29 is 33.8 Å². The number of aliphatic hydroxyl groups excluding tert-OH is 1. The maximum atomic E-state index is 14.4. The standard InChI is InChI=1S/C37H45N3O7/c1-5-7-18-29(42)38(4)25(3)32(27-16-12-9-13-17-27)46-36(45)30-28-19-20-37(47-28)31(30)34(43)40(22-23-41)33(37)35(44)39(21-6-2)24-26-14-10-8-11-15-26/h5-6,8-17,25,28,30-33,41H,1-2,7,18-24H2,3-4H3/t25-,28-,30+,31+,32+,33-,37+/m0/s1. The van der Waals surface area contributed by atoms with E-state index in [9.17, 15) is 24.3 Å². The Morgan fingerprint density at radius 3 is 2.43 bits per heavy atom. The Bertz CT molecular complexity index is 1470. The number of β-amino-alcohol motifs (C(OH)–C–C–N with tert-alkyl or cyclic N) is 1. The van der Waals surface area contributed by atoms with Crippen molar-refractivity contribution in [2.24, 2.45) is 11.8 Å². The first-order valence-electron chi connectivity index (χ1n) is 16.3. The molecule has 0 unspecified atom stereocenters. The average molecular weight is 644 g/mol. The molecule has 3 heterocycles. The van der Waals surface area contributed by atoms with Crippen molar-refractivity contribution in [3.05, 3.63) is 97.1 Å². The van der Waals surface area contributed by atoms with Gasteiger partial charge >= 0.3 is 5.97 Å². The number of fused-ring (bicyclic) bond motifs is 1. The van der Waals surface area contributed by atoms with Gasteiger partial charge in [-0.1, -0.05) is 72.8 Å². The normalized spacial score (nSPS) is 25.5. The highest BCUT2D eigenvalue weighted by atomic mass is 16.6. The zero-order valence-corrected chi connectivity index (χ0v) is 27.2. The molecule has 0 radical (unpaired) electrons. The molecule has 7 atom stereocenters. The fraction of sp³-hybridized carbons (Fsp3) is 0.459. The van der Waals surface area contributed by atoms with E-state index in [1.165, 1.54) is 4.90 Å². The van der Waals surface area contributed by atoms with Gasteiger partial charge in [-0.05, 0) is 37.3 Å². The minimum absolute atomic E-state index is 0.0716. The highest BCUT2D eigenvalue weighted by molar-refractivity contribution is 5.98. The smallest absolute Gasteiger partial charge is 0.313 e. The van der Waals surface area contributed by atoms with E-state index in [4.69, 9.17) is 9.47 Å². The van der Waals surface area contributed by atoms with Gasteiger partial charge in [0.1, 0.15) is 17.7 Å². The molecular weight excluding hydrogens is 598 g/mol. The first kappa shape index (κ1) is 34.1. The summed E-state index contributed by atoms with van der Waals surface area (Å²) in [5.41, 5.74) is 0.394. The molecule has 3 saturated heterocycles. The quantitative estimate of drug-likeness (QED) is 0.233. The number of hydrogen-bond acceptors (Lipinski definition) is 7. The van der Waals surface area contributed by atoms with Crippen molar-refractivity contribution >= 4 is 23.7 Å².